The van der Waals surface area contributed by atoms with Crippen LogP contribution in [-0.4, -0.2) is 88.5 Å². The predicted octanol–water partition coefficient (Wildman–Crippen LogP) is 20.1. The van der Waals surface area contributed by atoms with E-state index >= 15 is 0 Å². The number of hydrogen-bond acceptors (Lipinski definition) is 7. The molecule has 6 rings (SSSR count). The fourth-order valence-electron chi connectivity index (χ4n) is 13.8. The summed E-state index contributed by atoms with van der Waals surface area (Å²) in [5.74, 6) is -2.07. The minimum atomic E-state index is -2.54. The van der Waals surface area contributed by atoms with Crippen molar-refractivity contribution in [1.82, 2.24) is 0 Å². The van der Waals surface area contributed by atoms with Crippen molar-refractivity contribution >= 4 is 5.97 Å². The van der Waals surface area contributed by atoms with Gasteiger partial charge in [0.25, 0.3) is 11.8 Å². The summed E-state index contributed by atoms with van der Waals surface area (Å²) in [5, 5.41) is 0. The van der Waals surface area contributed by atoms with Gasteiger partial charge >= 0.3 is 5.97 Å². The molecule has 0 aromatic heterocycles. The number of esters is 1. The highest BCUT2D eigenvalue weighted by Gasteiger charge is 2.43. The first-order chi connectivity index (χ1) is 38.3. The Kier molecular flexibility index (Phi) is 37.4. The van der Waals surface area contributed by atoms with Gasteiger partial charge in [0, 0.05) is 64.3 Å². The molecule has 4 unspecified atom stereocenters. The maximum absolute atomic E-state index is 13.8. The summed E-state index contributed by atoms with van der Waals surface area (Å²) in [5.41, 5.74) is 0. The number of ether oxygens (including phenoxy) is 6. The molecule has 0 bridgehead atoms. The van der Waals surface area contributed by atoms with Crippen LogP contribution in [0.5, 0.6) is 0 Å². The molecule has 0 saturated heterocycles. The summed E-state index contributed by atoms with van der Waals surface area (Å²) < 4.78 is 89.8. The van der Waals surface area contributed by atoms with Crippen LogP contribution in [0.2, 0.25) is 0 Å². The summed E-state index contributed by atoms with van der Waals surface area (Å²) in [6.45, 7) is 17.8. The molecule has 79 heavy (non-hydrogen) atoms. The van der Waals surface area contributed by atoms with Gasteiger partial charge < -0.3 is 28.4 Å². The topological polar surface area (TPSA) is 72.5 Å². The van der Waals surface area contributed by atoms with Crippen molar-refractivity contribution in [3.63, 3.8) is 0 Å². The van der Waals surface area contributed by atoms with Crippen molar-refractivity contribution in [2.45, 2.75) is 335 Å². The van der Waals surface area contributed by atoms with Gasteiger partial charge in [0.05, 0.1) is 36.9 Å². The number of alkyl halides is 4. The van der Waals surface area contributed by atoms with Gasteiger partial charge in [-0.15, -0.1) is 0 Å². The van der Waals surface area contributed by atoms with Crippen molar-refractivity contribution in [2.24, 2.45) is 47.3 Å². The van der Waals surface area contributed by atoms with Crippen LogP contribution in [-0.2, 0) is 33.2 Å². The summed E-state index contributed by atoms with van der Waals surface area (Å²) in [4.78, 5) is 12.0. The minimum Gasteiger partial charge on any atom is -0.465 e. The van der Waals surface area contributed by atoms with Gasteiger partial charge in [0.1, 0.15) is 0 Å². The molecule has 0 radical (unpaired) electrons. The monoisotopic (exact) mass is 1130 g/mol. The molecule has 0 heterocycles. The standard InChI is InChI=1S/C23H42F2O2.C23H44O2.C22H38F2O3/c1-3-15-26-16-6-8-21-12-10-20(11-13-21)7-4-5-17-27-22-14-9-19(2)23(24,25)18-22;1-3-5-7-8-9-19-25-23-16-12-21(13-17-23)20-10-14-22(15-11-20)24-18-6-4-2;1-3-4-14-27-21(25)19-10-12-20(13-11-19)26-15-6-5-7-18-9-8-17(2)22(23,24)16-18/h19-22H,3-18H2,1-2H3;20-23H,3-19H2,1-2H3;17-20H,3-16H2,1-2H3. The molecular weight excluding hydrogens is 1000 g/mol. The Balaban J connectivity index is 0.000000256. The second-order valence-corrected chi connectivity index (χ2v) is 26.3. The number of carbonyl (C=O) groups excluding carboxylic acids is 1. The third-order valence-corrected chi connectivity index (χ3v) is 19.7. The first-order valence-electron chi connectivity index (χ1n) is 34.2. The van der Waals surface area contributed by atoms with Crippen LogP contribution >= 0.6 is 0 Å². The maximum Gasteiger partial charge on any atom is 0.308 e. The van der Waals surface area contributed by atoms with E-state index in [0.717, 1.165) is 134 Å². The molecule has 11 heteroatoms. The Morgan fingerprint density at radius 3 is 1.28 bits per heavy atom. The van der Waals surface area contributed by atoms with E-state index in [1.54, 1.807) is 13.8 Å². The largest absolute Gasteiger partial charge is 0.465 e. The van der Waals surface area contributed by atoms with E-state index in [-0.39, 0.29) is 42.9 Å². The van der Waals surface area contributed by atoms with E-state index in [2.05, 4.69) is 27.7 Å². The van der Waals surface area contributed by atoms with Gasteiger partial charge in [0.2, 0.25) is 0 Å². The van der Waals surface area contributed by atoms with Gasteiger partial charge in [0.15, 0.2) is 0 Å². The van der Waals surface area contributed by atoms with Crippen LogP contribution in [0.1, 0.15) is 298 Å². The summed E-state index contributed by atoms with van der Waals surface area (Å²) in [6.07, 6.45) is 45.1. The fraction of sp³-hybridized carbons (Fsp3) is 0.985. The minimum absolute atomic E-state index is 0.0390. The third-order valence-electron chi connectivity index (χ3n) is 19.7. The SMILES string of the molecule is CCCCCCCOC1CCC(C2CCC(OCCCC)CC2)CC1.CCCCOC(=O)C1CCC(OCCCCC2CCC(C)C(F)(F)C2)CC1.CCCOCCCC1CCC(CCCCOC2CCC(C)C(F)(F)C2)CC1. The third kappa shape index (κ3) is 30.1. The molecule has 7 nitrogen and oxygen atoms in total. The zero-order valence-electron chi connectivity index (χ0n) is 52.0. The quantitative estimate of drug-likeness (QED) is 0.0361. The number of unbranched alkanes of at least 4 members (excludes halogenated alkanes) is 8. The number of hydrogen-bond donors (Lipinski definition) is 0. The molecule has 6 saturated carbocycles. The lowest BCUT2D eigenvalue weighted by atomic mass is 9.72. The molecule has 466 valence electrons. The van der Waals surface area contributed by atoms with Crippen LogP contribution in [0.15, 0.2) is 0 Å². The Bertz CT molecular complexity index is 1460. The molecule has 6 fully saturated rings. The normalized spacial score (nSPS) is 30.8. The van der Waals surface area contributed by atoms with Crippen molar-refractivity contribution < 1.29 is 50.8 Å². The van der Waals surface area contributed by atoms with Crippen LogP contribution in [0.3, 0.4) is 0 Å². The fourth-order valence-corrected chi connectivity index (χ4v) is 13.8. The van der Waals surface area contributed by atoms with E-state index < -0.39 is 23.7 Å². The van der Waals surface area contributed by atoms with E-state index in [4.69, 9.17) is 28.4 Å². The lowest BCUT2D eigenvalue weighted by molar-refractivity contribution is -0.150. The van der Waals surface area contributed by atoms with Crippen LogP contribution in [0.4, 0.5) is 17.6 Å². The van der Waals surface area contributed by atoms with Gasteiger partial charge in [-0.1, -0.05) is 131 Å². The number of rotatable bonds is 34. The lowest BCUT2D eigenvalue weighted by Crippen LogP contribution is -2.37. The zero-order valence-corrected chi connectivity index (χ0v) is 52.0. The second kappa shape index (κ2) is 41.9. The molecule has 4 atom stereocenters. The zero-order chi connectivity index (χ0) is 57.0. The molecule has 6 aliphatic rings. The van der Waals surface area contributed by atoms with Gasteiger partial charge in [-0.3, -0.25) is 4.79 Å². The van der Waals surface area contributed by atoms with Crippen LogP contribution in [0.25, 0.3) is 0 Å². The van der Waals surface area contributed by atoms with Crippen molar-refractivity contribution in [2.75, 3.05) is 46.2 Å². The van der Waals surface area contributed by atoms with Gasteiger partial charge in [-0.2, -0.15) is 0 Å². The van der Waals surface area contributed by atoms with E-state index in [0.29, 0.717) is 44.9 Å². The first kappa shape index (κ1) is 70.5. The van der Waals surface area contributed by atoms with Crippen LogP contribution in [0, 0.1) is 47.3 Å². The Hall–Kier alpha value is -1.01. The Morgan fingerprint density at radius 1 is 0.367 bits per heavy atom. The van der Waals surface area contributed by atoms with Crippen molar-refractivity contribution in [3.8, 4) is 0 Å². The smallest absolute Gasteiger partial charge is 0.308 e. The Morgan fingerprint density at radius 2 is 0.772 bits per heavy atom. The number of halogens is 4. The predicted molar refractivity (Wildman–Crippen MR) is 317 cm³/mol. The highest BCUT2D eigenvalue weighted by molar-refractivity contribution is 5.72. The van der Waals surface area contributed by atoms with Gasteiger partial charge in [-0.05, 0) is 184 Å². The number of carbonyl (C=O) groups is 1. The Labute approximate surface area is 483 Å². The molecule has 0 aliphatic heterocycles. The summed E-state index contributed by atoms with van der Waals surface area (Å²) in [7, 11) is 0. The molecular formula is C68H124F4O7. The molecule has 0 spiro atoms. The van der Waals surface area contributed by atoms with Crippen LogP contribution < -0.4 is 0 Å². The summed E-state index contributed by atoms with van der Waals surface area (Å²) in [6, 6.07) is 0. The average Bonchev–Trinajstić information content (AvgIpc) is 3.46. The molecule has 0 aromatic carbocycles. The van der Waals surface area contributed by atoms with E-state index in [9.17, 15) is 22.4 Å². The maximum atomic E-state index is 13.8. The second-order valence-electron chi connectivity index (χ2n) is 26.3. The molecule has 6 aliphatic carbocycles. The van der Waals surface area contributed by atoms with E-state index in [1.165, 1.54) is 148 Å². The molecule has 0 amide bonds. The lowest BCUT2D eigenvalue weighted by Gasteiger charge is -2.37. The van der Waals surface area contributed by atoms with Gasteiger partial charge in [-0.25, -0.2) is 17.6 Å². The van der Waals surface area contributed by atoms with E-state index in [1.807, 2.05) is 0 Å². The van der Waals surface area contributed by atoms with Crippen molar-refractivity contribution in [3.05, 3.63) is 0 Å². The highest BCUT2D eigenvalue weighted by atomic mass is 19.3. The first-order valence-corrected chi connectivity index (χ1v) is 34.2. The highest BCUT2D eigenvalue weighted by Crippen LogP contribution is 2.44. The average molecular weight is 1130 g/mol. The van der Waals surface area contributed by atoms with Crippen molar-refractivity contribution in [1.29, 1.82) is 0 Å². The molecule has 0 N–H and O–H groups in total. The molecule has 0 aromatic rings. The summed E-state index contributed by atoms with van der Waals surface area (Å²) >= 11 is 0.